The third-order valence-electron chi connectivity index (χ3n) is 2.80. The Balaban J connectivity index is 2.40. The van der Waals surface area contributed by atoms with Gasteiger partial charge in [-0.3, -0.25) is 4.79 Å². The van der Waals surface area contributed by atoms with E-state index in [0.29, 0.717) is 12.5 Å². The molecule has 2 N–H and O–H groups in total. The molecule has 1 aromatic rings. The fourth-order valence-corrected chi connectivity index (χ4v) is 1.89. The molecule has 1 aromatic carbocycles. The summed E-state index contributed by atoms with van der Waals surface area (Å²) in [6.45, 7) is 5.08. The molecule has 0 saturated heterocycles. The van der Waals surface area contributed by atoms with E-state index in [1.165, 1.54) is 0 Å². The summed E-state index contributed by atoms with van der Waals surface area (Å²) in [5.74, 6) is 0.365. The third-order valence-corrected chi connectivity index (χ3v) is 3.33. The monoisotopic (exact) mass is 328 g/mol. The first-order valence-electron chi connectivity index (χ1n) is 6.30. The van der Waals surface area contributed by atoms with Crippen molar-refractivity contribution in [3.63, 3.8) is 0 Å². The molecule has 0 aliphatic heterocycles. The lowest BCUT2D eigenvalue weighted by Gasteiger charge is -2.21. The van der Waals surface area contributed by atoms with Crippen LogP contribution in [0.1, 0.15) is 13.8 Å². The van der Waals surface area contributed by atoms with E-state index in [-0.39, 0.29) is 18.5 Å². The number of halogens is 1. The van der Waals surface area contributed by atoms with Crippen LogP contribution in [0.2, 0.25) is 0 Å². The summed E-state index contributed by atoms with van der Waals surface area (Å²) < 4.78 is 6.12. The van der Waals surface area contributed by atoms with Crippen LogP contribution in [0.25, 0.3) is 0 Å². The molecule has 0 spiro atoms. The van der Waals surface area contributed by atoms with Gasteiger partial charge >= 0.3 is 0 Å². The number of nitrogens with one attached hydrogen (secondary N) is 2. The number of hydrogen-bond donors (Lipinski definition) is 2. The Bertz CT molecular complexity index is 393. The molecule has 0 aliphatic rings. The van der Waals surface area contributed by atoms with Crippen molar-refractivity contribution in [2.45, 2.75) is 19.9 Å². The predicted octanol–water partition coefficient (Wildman–Crippen LogP) is 2.65. The highest BCUT2D eigenvalue weighted by atomic mass is 79.9. The van der Waals surface area contributed by atoms with Crippen molar-refractivity contribution < 1.29 is 9.53 Å². The number of carbonyl (C=O) groups is 1. The van der Waals surface area contributed by atoms with E-state index >= 15 is 0 Å². The molecule has 0 bridgehead atoms. The maximum absolute atomic E-state index is 11.8. The molecule has 0 heterocycles. The van der Waals surface area contributed by atoms with E-state index in [4.69, 9.17) is 4.74 Å². The van der Waals surface area contributed by atoms with Crippen molar-refractivity contribution in [1.82, 2.24) is 5.32 Å². The first-order chi connectivity index (χ1) is 9.02. The van der Waals surface area contributed by atoms with Crippen LogP contribution in [-0.2, 0) is 9.53 Å². The van der Waals surface area contributed by atoms with Crippen LogP contribution in [0, 0.1) is 5.92 Å². The molecule has 0 fully saturated rings. The van der Waals surface area contributed by atoms with Crippen molar-refractivity contribution in [1.29, 1.82) is 0 Å². The van der Waals surface area contributed by atoms with Crippen molar-refractivity contribution in [3.05, 3.63) is 28.7 Å². The van der Waals surface area contributed by atoms with Crippen LogP contribution in [0.3, 0.4) is 0 Å². The van der Waals surface area contributed by atoms with Gasteiger partial charge in [0.1, 0.15) is 0 Å². The lowest BCUT2D eigenvalue weighted by molar-refractivity contribution is -0.115. The number of anilines is 1. The van der Waals surface area contributed by atoms with E-state index in [2.05, 4.69) is 40.4 Å². The first-order valence-corrected chi connectivity index (χ1v) is 7.10. The van der Waals surface area contributed by atoms with E-state index in [1.807, 2.05) is 24.3 Å². The van der Waals surface area contributed by atoms with Gasteiger partial charge in [0.15, 0.2) is 0 Å². The fraction of sp³-hybridized carbons (Fsp3) is 0.500. The summed E-state index contributed by atoms with van der Waals surface area (Å²) >= 11 is 3.36. The highest BCUT2D eigenvalue weighted by molar-refractivity contribution is 9.10. The highest BCUT2D eigenvalue weighted by Crippen LogP contribution is 2.13. The van der Waals surface area contributed by atoms with E-state index < -0.39 is 0 Å². The largest absolute Gasteiger partial charge is 0.383 e. The topological polar surface area (TPSA) is 50.4 Å². The van der Waals surface area contributed by atoms with E-state index in [9.17, 15) is 4.79 Å². The lowest BCUT2D eigenvalue weighted by atomic mass is 10.1. The van der Waals surface area contributed by atoms with Gasteiger partial charge in [-0.1, -0.05) is 29.8 Å². The van der Waals surface area contributed by atoms with E-state index in [0.717, 1.165) is 10.2 Å². The van der Waals surface area contributed by atoms with Gasteiger partial charge < -0.3 is 15.4 Å². The number of benzene rings is 1. The number of hydrogen-bond acceptors (Lipinski definition) is 3. The molecule has 0 radical (unpaired) electrons. The number of ether oxygens (including phenoxy) is 1. The predicted molar refractivity (Wildman–Crippen MR) is 81.3 cm³/mol. The number of rotatable bonds is 7. The van der Waals surface area contributed by atoms with Gasteiger partial charge in [0, 0.05) is 23.3 Å². The molecule has 19 heavy (non-hydrogen) atoms. The molecule has 0 aliphatic carbocycles. The van der Waals surface area contributed by atoms with Crippen LogP contribution in [0.15, 0.2) is 28.7 Å². The minimum absolute atomic E-state index is 0.0518. The minimum atomic E-state index is -0.0518. The van der Waals surface area contributed by atoms with Gasteiger partial charge in [0.05, 0.1) is 13.2 Å². The van der Waals surface area contributed by atoms with Crippen molar-refractivity contribution in [2.24, 2.45) is 5.92 Å². The Morgan fingerprint density at radius 1 is 1.32 bits per heavy atom. The second kappa shape index (κ2) is 8.30. The summed E-state index contributed by atoms with van der Waals surface area (Å²) in [6, 6.07) is 7.69. The maximum atomic E-state index is 11.8. The average Bonchev–Trinajstić information content (AvgIpc) is 2.37. The molecule has 106 valence electrons. The van der Waals surface area contributed by atoms with Crippen molar-refractivity contribution in [2.75, 3.05) is 25.6 Å². The van der Waals surface area contributed by atoms with Crippen LogP contribution < -0.4 is 10.6 Å². The average molecular weight is 329 g/mol. The fourth-order valence-electron chi connectivity index (χ4n) is 1.63. The summed E-state index contributed by atoms with van der Waals surface area (Å²) in [7, 11) is 1.67. The summed E-state index contributed by atoms with van der Waals surface area (Å²) in [5.41, 5.74) is 0.794. The minimum Gasteiger partial charge on any atom is -0.383 e. The Kier molecular flexibility index (Phi) is 7.05. The molecule has 1 amide bonds. The number of amides is 1. The Hall–Kier alpha value is -0.910. The molecular formula is C14H21BrN2O2. The van der Waals surface area contributed by atoms with Gasteiger partial charge in [-0.2, -0.15) is 0 Å². The third kappa shape index (κ3) is 6.18. The van der Waals surface area contributed by atoms with Gasteiger partial charge in [0.25, 0.3) is 0 Å². The van der Waals surface area contributed by atoms with Crippen LogP contribution in [-0.4, -0.2) is 32.2 Å². The normalized spacial score (nSPS) is 12.5. The highest BCUT2D eigenvalue weighted by Gasteiger charge is 2.13. The molecule has 0 saturated carbocycles. The zero-order valence-electron chi connectivity index (χ0n) is 11.6. The Labute approximate surface area is 123 Å². The standard InChI is InChI=1S/C14H21BrN2O2/c1-10(2)13(9-19-3)16-8-14(18)17-12-6-4-11(15)5-7-12/h4-7,10,13,16H,8-9H2,1-3H3,(H,17,18). The smallest absolute Gasteiger partial charge is 0.238 e. The molecule has 0 aromatic heterocycles. The first kappa shape index (κ1) is 16.1. The Morgan fingerprint density at radius 3 is 2.47 bits per heavy atom. The zero-order chi connectivity index (χ0) is 14.3. The summed E-state index contributed by atoms with van der Waals surface area (Å²) in [6.07, 6.45) is 0. The van der Waals surface area contributed by atoms with Crippen molar-refractivity contribution in [3.8, 4) is 0 Å². The second-order valence-electron chi connectivity index (χ2n) is 4.74. The number of methoxy groups -OCH3 is 1. The molecule has 1 atom stereocenters. The molecule has 1 rings (SSSR count). The van der Waals surface area contributed by atoms with Gasteiger partial charge in [-0.05, 0) is 30.2 Å². The van der Waals surface area contributed by atoms with Crippen LogP contribution in [0.4, 0.5) is 5.69 Å². The molecule has 1 unspecified atom stereocenters. The maximum Gasteiger partial charge on any atom is 0.238 e. The molecule has 4 nitrogen and oxygen atoms in total. The second-order valence-corrected chi connectivity index (χ2v) is 5.66. The SMILES string of the molecule is COCC(NCC(=O)Nc1ccc(Br)cc1)C(C)C. The van der Waals surface area contributed by atoms with Gasteiger partial charge in [0.2, 0.25) is 5.91 Å². The van der Waals surface area contributed by atoms with E-state index in [1.54, 1.807) is 7.11 Å². The van der Waals surface area contributed by atoms with Gasteiger partial charge in [-0.25, -0.2) is 0 Å². The molecular weight excluding hydrogens is 308 g/mol. The zero-order valence-corrected chi connectivity index (χ0v) is 13.2. The number of carbonyl (C=O) groups excluding carboxylic acids is 1. The van der Waals surface area contributed by atoms with Gasteiger partial charge in [-0.15, -0.1) is 0 Å². The lowest BCUT2D eigenvalue weighted by Crippen LogP contribution is -2.42. The van der Waals surface area contributed by atoms with Crippen LogP contribution >= 0.6 is 15.9 Å². The quantitative estimate of drug-likeness (QED) is 0.809. The van der Waals surface area contributed by atoms with Crippen LogP contribution in [0.5, 0.6) is 0 Å². The molecule has 5 heteroatoms. The van der Waals surface area contributed by atoms with Crippen molar-refractivity contribution >= 4 is 27.5 Å². The Morgan fingerprint density at radius 2 is 1.95 bits per heavy atom. The summed E-state index contributed by atoms with van der Waals surface area (Å²) in [4.78, 5) is 11.8. The summed E-state index contributed by atoms with van der Waals surface area (Å²) in [5, 5.41) is 6.05.